The van der Waals surface area contributed by atoms with E-state index < -0.39 is 25.9 Å². The SMILES string of the molecule is COCCN(C1CCS(=O)(=O)C1)S(=O)(=O)CCCl. The molecule has 1 unspecified atom stereocenters. The van der Waals surface area contributed by atoms with Gasteiger partial charge in [0.25, 0.3) is 0 Å². The summed E-state index contributed by atoms with van der Waals surface area (Å²) in [5, 5.41) is 0. The first kappa shape index (κ1) is 16.2. The van der Waals surface area contributed by atoms with E-state index in [1.807, 2.05) is 0 Å². The van der Waals surface area contributed by atoms with Gasteiger partial charge in [-0.1, -0.05) is 0 Å². The summed E-state index contributed by atoms with van der Waals surface area (Å²) >= 11 is 5.47. The van der Waals surface area contributed by atoms with Gasteiger partial charge in [-0.2, -0.15) is 4.31 Å². The number of hydrogen-bond acceptors (Lipinski definition) is 5. The van der Waals surface area contributed by atoms with E-state index in [1.54, 1.807) is 0 Å². The van der Waals surface area contributed by atoms with Crippen molar-refractivity contribution < 1.29 is 21.6 Å². The van der Waals surface area contributed by atoms with Crippen LogP contribution >= 0.6 is 11.6 Å². The van der Waals surface area contributed by atoms with E-state index in [-0.39, 0.29) is 36.3 Å². The van der Waals surface area contributed by atoms with Crippen molar-refractivity contribution in [2.45, 2.75) is 12.5 Å². The molecule has 0 aromatic heterocycles. The lowest BCUT2D eigenvalue weighted by atomic mass is 10.3. The zero-order chi connectivity index (χ0) is 13.8. The van der Waals surface area contributed by atoms with Crippen LogP contribution in [-0.4, -0.2) is 70.6 Å². The average Bonchev–Trinajstić information content (AvgIpc) is 2.59. The molecule has 0 bridgehead atoms. The Morgan fingerprint density at radius 1 is 1.44 bits per heavy atom. The van der Waals surface area contributed by atoms with Crippen LogP contribution in [0.1, 0.15) is 6.42 Å². The largest absolute Gasteiger partial charge is 0.383 e. The van der Waals surface area contributed by atoms with E-state index in [9.17, 15) is 16.8 Å². The smallest absolute Gasteiger partial charge is 0.215 e. The second kappa shape index (κ2) is 6.51. The van der Waals surface area contributed by atoms with Crippen molar-refractivity contribution in [3.63, 3.8) is 0 Å². The van der Waals surface area contributed by atoms with Gasteiger partial charge in [-0.05, 0) is 6.42 Å². The predicted molar refractivity (Wildman–Crippen MR) is 70.1 cm³/mol. The zero-order valence-corrected chi connectivity index (χ0v) is 12.6. The summed E-state index contributed by atoms with van der Waals surface area (Å²) < 4.78 is 53.0. The predicted octanol–water partition coefficient (Wildman–Crippen LogP) is -0.309. The van der Waals surface area contributed by atoms with Crippen LogP contribution in [0, 0.1) is 0 Å². The molecule has 108 valence electrons. The van der Waals surface area contributed by atoms with Crippen molar-refractivity contribution in [3.05, 3.63) is 0 Å². The molecule has 1 aliphatic rings. The van der Waals surface area contributed by atoms with Gasteiger partial charge in [0.1, 0.15) is 0 Å². The molecule has 18 heavy (non-hydrogen) atoms. The maximum atomic E-state index is 12.0. The summed E-state index contributed by atoms with van der Waals surface area (Å²) in [6.07, 6.45) is 0.341. The van der Waals surface area contributed by atoms with Crippen LogP contribution in [0.3, 0.4) is 0 Å². The number of methoxy groups -OCH3 is 1. The lowest BCUT2D eigenvalue weighted by Crippen LogP contribution is -2.44. The molecule has 0 aromatic rings. The molecule has 1 fully saturated rings. The Morgan fingerprint density at radius 2 is 2.11 bits per heavy atom. The second-order valence-corrected chi connectivity index (χ2v) is 8.81. The second-order valence-electron chi connectivity index (χ2n) is 4.17. The fourth-order valence-corrected chi connectivity index (χ4v) is 5.77. The molecule has 0 radical (unpaired) electrons. The van der Waals surface area contributed by atoms with Gasteiger partial charge in [-0.3, -0.25) is 0 Å². The van der Waals surface area contributed by atoms with E-state index in [2.05, 4.69) is 0 Å². The number of halogens is 1. The van der Waals surface area contributed by atoms with Crippen LogP contribution < -0.4 is 0 Å². The highest BCUT2D eigenvalue weighted by molar-refractivity contribution is 7.92. The topological polar surface area (TPSA) is 80.8 Å². The molecule has 1 heterocycles. The first-order valence-electron chi connectivity index (χ1n) is 5.57. The Labute approximate surface area is 113 Å². The van der Waals surface area contributed by atoms with Crippen LogP contribution in [0.5, 0.6) is 0 Å². The molecule has 9 heteroatoms. The number of nitrogens with zero attached hydrogens (tertiary/aromatic N) is 1. The van der Waals surface area contributed by atoms with Crippen LogP contribution in [-0.2, 0) is 24.6 Å². The van der Waals surface area contributed by atoms with Crippen LogP contribution in [0.4, 0.5) is 0 Å². The lowest BCUT2D eigenvalue weighted by molar-refractivity contribution is 0.169. The van der Waals surface area contributed by atoms with Gasteiger partial charge in [0.05, 0.1) is 23.9 Å². The van der Waals surface area contributed by atoms with Crippen LogP contribution in [0.15, 0.2) is 0 Å². The maximum Gasteiger partial charge on any atom is 0.215 e. The first-order valence-corrected chi connectivity index (χ1v) is 9.54. The van der Waals surface area contributed by atoms with E-state index in [0.717, 1.165) is 0 Å². The maximum absolute atomic E-state index is 12.0. The summed E-state index contributed by atoms with van der Waals surface area (Å²) in [5.41, 5.74) is 0. The Hall–Kier alpha value is 0.110. The summed E-state index contributed by atoms with van der Waals surface area (Å²) in [6.45, 7) is 0.397. The molecule has 0 saturated carbocycles. The fourth-order valence-electron chi connectivity index (χ4n) is 1.95. The van der Waals surface area contributed by atoms with Crippen LogP contribution in [0.25, 0.3) is 0 Å². The molecule has 1 aliphatic heterocycles. The minimum atomic E-state index is -3.52. The fraction of sp³-hybridized carbons (Fsp3) is 1.00. The number of sulfone groups is 1. The third-order valence-electron chi connectivity index (χ3n) is 2.82. The minimum Gasteiger partial charge on any atom is -0.383 e. The summed E-state index contributed by atoms with van der Waals surface area (Å²) in [4.78, 5) is 0. The summed E-state index contributed by atoms with van der Waals surface area (Å²) in [5.74, 6) is -0.268. The molecule has 1 saturated heterocycles. The Kier molecular flexibility index (Phi) is 5.85. The van der Waals surface area contributed by atoms with Gasteiger partial charge in [-0.25, -0.2) is 16.8 Å². The Morgan fingerprint density at radius 3 is 2.56 bits per heavy atom. The van der Waals surface area contributed by atoms with Crippen molar-refractivity contribution in [3.8, 4) is 0 Å². The first-order chi connectivity index (χ1) is 8.32. The third kappa shape index (κ3) is 4.34. The van der Waals surface area contributed by atoms with Gasteiger partial charge >= 0.3 is 0 Å². The number of sulfonamides is 1. The van der Waals surface area contributed by atoms with Crippen molar-refractivity contribution in [1.82, 2.24) is 4.31 Å². The van der Waals surface area contributed by atoms with Crippen molar-refractivity contribution in [2.75, 3.05) is 43.4 Å². The highest BCUT2D eigenvalue weighted by Gasteiger charge is 2.37. The van der Waals surface area contributed by atoms with Crippen LogP contribution in [0.2, 0.25) is 0 Å². The van der Waals surface area contributed by atoms with Crippen molar-refractivity contribution in [1.29, 1.82) is 0 Å². The van der Waals surface area contributed by atoms with Crippen molar-refractivity contribution >= 4 is 31.5 Å². The number of rotatable bonds is 7. The molecular formula is C9H18ClNO5S2. The highest BCUT2D eigenvalue weighted by atomic mass is 35.5. The highest BCUT2D eigenvalue weighted by Crippen LogP contribution is 2.20. The van der Waals surface area contributed by atoms with Gasteiger partial charge in [0.2, 0.25) is 10.0 Å². The minimum absolute atomic E-state index is 0.00865. The monoisotopic (exact) mass is 319 g/mol. The van der Waals surface area contributed by atoms with E-state index in [1.165, 1.54) is 11.4 Å². The van der Waals surface area contributed by atoms with Gasteiger partial charge in [0.15, 0.2) is 9.84 Å². The molecular weight excluding hydrogens is 302 g/mol. The van der Waals surface area contributed by atoms with E-state index >= 15 is 0 Å². The Bertz CT molecular complexity index is 461. The molecule has 0 N–H and O–H groups in total. The number of hydrogen-bond donors (Lipinski definition) is 0. The molecule has 1 rings (SSSR count). The third-order valence-corrected chi connectivity index (χ3v) is 6.90. The molecule has 1 atom stereocenters. The van der Waals surface area contributed by atoms with Gasteiger partial charge < -0.3 is 4.74 Å². The van der Waals surface area contributed by atoms with Gasteiger partial charge in [0, 0.05) is 25.6 Å². The van der Waals surface area contributed by atoms with Crippen molar-refractivity contribution in [2.24, 2.45) is 0 Å². The molecule has 0 amide bonds. The molecule has 0 aromatic carbocycles. The summed E-state index contributed by atoms with van der Waals surface area (Å²) in [7, 11) is -5.17. The molecule has 0 aliphatic carbocycles. The normalized spacial score (nSPS) is 23.6. The zero-order valence-electron chi connectivity index (χ0n) is 10.2. The standard InChI is InChI=1S/C9H18ClNO5S2/c1-16-5-4-11(18(14,15)7-3-10)9-2-6-17(12,13)8-9/h9H,2-8H2,1H3. The quantitative estimate of drug-likeness (QED) is 0.601. The van der Waals surface area contributed by atoms with Gasteiger partial charge in [-0.15, -0.1) is 11.6 Å². The average molecular weight is 320 g/mol. The summed E-state index contributed by atoms with van der Waals surface area (Å²) in [6, 6.07) is -0.488. The molecule has 0 spiro atoms. The Balaban J connectivity index is 2.85. The number of alkyl halides is 1. The number of ether oxygens (including phenoxy) is 1. The van der Waals surface area contributed by atoms with E-state index in [4.69, 9.17) is 16.3 Å². The molecule has 6 nitrogen and oxygen atoms in total. The van der Waals surface area contributed by atoms with E-state index in [0.29, 0.717) is 6.42 Å². The lowest BCUT2D eigenvalue weighted by Gasteiger charge is -2.26.